The number of benzene rings is 10. The van der Waals surface area contributed by atoms with Crippen molar-refractivity contribution in [3.8, 4) is 44.5 Å². The molecule has 10 aromatic carbocycles. The van der Waals surface area contributed by atoms with Crippen molar-refractivity contribution in [2.24, 2.45) is 0 Å². The lowest BCUT2D eigenvalue weighted by Crippen LogP contribution is -2.09. The summed E-state index contributed by atoms with van der Waals surface area (Å²) in [7, 11) is 0. The van der Waals surface area contributed by atoms with Gasteiger partial charge in [0.25, 0.3) is 0 Å². The highest BCUT2D eigenvalue weighted by molar-refractivity contribution is 6.12. The molecule has 11 rings (SSSR count). The first-order valence-electron chi connectivity index (χ1n) is 19.8. The molecular formula is C56H37NO. The van der Waals surface area contributed by atoms with Crippen molar-refractivity contribution in [1.82, 2.24) is 0 Å². The molecule has 0 unspecified atom stereocenters. The van der Waals surface area contributed by atoms with Gasteiger partial charge >= 0.3 is 0 Å². The molecule has 0 radical (unpaired) electrons. The number of hydrogen-bond donors (Lipinski definition) is 0. The SMILES string of the molecule is c1ccc2cc(-c3ccc(N(c4ccc(-c5ccc(-c6cccc7ccccc67)cc5)cc4)c4ccc(-c5cccc6oc7ccccc7c56)cc4)cc3)ccc2c1. The summed E-state index contributed by atoms with van der Waals surface area (Å²) < 4.78 is 6.23. The zero-order valence-electron chi connectivity index (χ0n) is 31.7. The summed E-state index contributed by atoms with van der Waals surface area (Å²) in [6.07, 6.45) is 0. The van der Waals surface area contributed by atoms with E-state index in [4.69, 9.17) is 4.42 Å². The third-order valence-electron chi connectivity index (χ3n) is 11.5. The molecule has 0 bridgehead atoms. The number of para-hydroxylation sites is 1. The maximum Gasteiger partial charge on any atom is 0.136 e. The van der Waals surface area contributed by atoms with Gasteiger partial charge in [-0.15, -0.1) is 0 Å². The van der Waals surface area contributed by atoms with Crippen LogP contribution in [0.25, 0.3) is 88.0 Å². The molecule has 2 heteroatoms. The second-order valence-corrected chi connectivity index (χ2v) is 14.9. The minimum atomic E-state index is 0.902. The maximum absolute atomic E-state index is 6.23. The molecule has 0 N–H and O–H groups in total. The first kappa shape index (κ1) is 33.6. The second-order valence-electron chi connectivity index (χ2n) is 14.9. The van der Waals surface area contributed by atoms with E-state index in [1.807, 2.05) is 12.1 Å². The van der Waals surface area contributed by atoms with Crippen molar-refractivity contribution in [3.63, 3.8) is 0 Å². The third kappa shape index (κ3) is 6.00. The number of fused-ring (bicyclic) bond motifs is 5. The van der Waals surface area contributed by atoms with Crippen LogP contribution >= 0.6 is 0 Å². The van der Waals surface area contributed by atoms with Crippen LogP contribution in [0.15, 0.2) is 229 Å². The summed E-state index contributed by atoms with van der Waals surface area (Å²) >= 11 is 0. The van der Waals surface area contributed by atoms with Crippen molar-refractivity contribution in [1.29, 1.82) is 0 Å². The van der Waals surface area contributed by atoms with Crippen LogP contribution in [0.5, 0.6) is 0 Å². The Labute approximate surface area is 337 Å². The largest absolute Gasteiger partial charge is 0.456 e. The lowest BCUT2D eigenvalue weighted by Gasteiger charge is -2.26. The van der Waals surface area contributed by atoms with Crippen LogP contribution in [0.2, 0.25) is 0 Å². The van der Waals surface area contributed by atoms with E-state index in [-0.39, 0.29) is 0 Å². The lowest BCUT2D eigenvalue weighted by atomic mass is 9.96. The number of furan rings is 1. The van der Waals surface area contributed by atoms with Gasteiger partial charge in [-0.25, -0.2) is 0 Å². The van der Waals surface area contributed by atoms with Gasteiger partial charge in [0.05, 0.1) is 0 Å². The summed E-state index contributed by atoms with van der Waals surface area (Å²) in [5.41, 5.74) is 14.6. The Morgan fingerprint density at radius 1 is 0.276 bits per heavy atom. The van der Waals surface area contributed by atoms with Gasteiger partial charge in [0.15, 0.2) is 0 Å². The average Bonchev–Trinajstić information content (AvgIpc) is 3.69. The number of nitrogens with zero attached hydrogens (tertiary/aromatic N) is 1. The Kier molecular flexibility index (Phi) is 8.19. The van der Waals surface area contributed by atoms with E-state index in [1.54, 1.807) is 0 Å². The summed E-state index contributed by atoms with van der Waals surface area (Å²) in [4.78, 5) is 2.34. The number of anilines is 3. The Balaban J connectivity index is 0.952. The summed E-state index contributed by atoms with van der Waals surface area (Å²) in [5.74, 6) is 0. The molecule has 58 heavy (non-hydrogen) atoms. The topological polar surface area (TPSA) is 16.4 Å². The highest BCUT2D eigenvalue weighted by Crippen LogP contribution is 2.41. The molecule has 11 aromatic rings. The molecule has 0 atom stereocenters. The molecule has 1 aromatic heterocycles. The number of rotatable bonds is 7. The first-order valence-corrected chi connectivity index (χ1v) is 19.8. The Bertz CT molecular complexity index is 3240. The minimum Gasteiger partial charge on any atom is -0.456 e. The fraction of sp³-hybridized carbons (Fsp3) is 0. The Morgan fingerprint density at radius 3 is 1.43 bits per heavy atom. The van der Waals surface area contributed by atoms with Crippen LogP contribution < -0.4 is 4.90 Å². The molecule has 1 heterocycles. The van der Waals surface area contributed by atoms with Gasteiger partial charge in [0.1, 0.15) is 11.2 Å². The fourth-order valence-electron chi connectivity index (χ4n) is 8.55. The average molecular weight is 740 g/mol. The van der Waals surface area contributed by atoms with Crippen molar-refractivity contribution in [2.45, 2.75) is 0 Å². The molecule has 0 spiro atoms. The molecule has 0 fully saturated rings. The van der Waals surface area contributed by atoms with Crippen LogP contribution in [-0.2, 0) is 0 Å². The summed E-state index contributed by atoms with van der Waals surface area (Å²) in [6, 6.07) is 80.7. The van der Waals surface area contributed by atoms with Gasteiger partial charge in [0, 0.05) is 27.8 Å². The zero-order valence-corrected chi connectivity index (χ0v) is 31.7. The third-order valence-corrected chi connectivity index (χ3v) is 11.5. The molecular weight excluding hydrogens is 703 g/mol. The molecule has 272 valence electrons. The van der Waals surface area contributed by atoms with Crippen molar-refractivity contribution < 1.29 is 4.42 Å². The minimum absolute atomic E-state index is 0.902. The van der Waals surface area contributed by atoms with Gasteiger partial charge in [-0.3, -0.25) is 0 Å². The number of hydrogen-bond acceptors (Lipinski definition) is 2. The van der Waals surface area contributed by atoms with E-state index in [1.165, 1.54) is 54.9 Å². The Morgan fingerprint density at radius 2 is 0.724 bits per heavy atom. The van der Waals surface area contributed by atoms with E-state index in [9.17, 15) is 0 Å². The van der Waals surface area contributed by atoms with Crippen molar-refractivity contribution in [2.75, 3.05) is 4.90 Å². The van der Waals surface area contributed by atoms with Gasteiger partial charge in [-0.2, -0.15) is 0 Å². The van der Waals surface area contributed by atoms with E-state index >= 15 is 0 Å². The smallest absolute Gasteiger partial charge is 0.136 e. The fourth-order valence-corrected chi connectivity index (χ4v) is 8.55. The van der Waals surface area contributed by atoms with Gasteiger partial charge < -0.3 is 9.32 Å². The summed E-state index contributed by atoms with van der Waals surface area (Å²) in [5, 5.41) is 7.30. The zero-order chi connectivity index (χ0) is 38.4. The molecule has 0 saturated heterocycles. The van der Waals surface area contributed by atoms with Crippen molar-refractivity contribution in [3.05, 3.63) is 224 Å². The summed E-state index contributed by atoms with van der Waals surface area (Å²) in [6.45, 7) is 0. The molecule has 2 nitrogen and oxygen atoms in total. The van der Waals surface area contributed by atoms with Crippen molar-refractivity contribution >= 4 is 60.5 Å². The van der Waals surface area contributed by atoms with Gasteiger partial charge in [-0.1, -0.05) is 170 Å². The van der Waals surface area contributed by atoms with Crippen LogP contribution in [-0.4, -0.2) is 0 Å². The van der Waals surface area contributed by atoms with E-state index < -0.39 is 0 Å². The van der Waals surface area contributed by atoms with E-state index in [0.717, 1.165) is 50.1 Å². The normalized spacial score (nSPS) is 11.4. The van der Waals surface area contributed by atoms with E-state index in [2.05, 4.69) is 217 Å². The molecule has 0 aliphatic carbocycles. The molecule has 0 aliphatic rings. The molecule has 0 aliphatic heterocycles. The van der Waals surface area contributed by atoms with Crippen LogP contribution in [0.4, 0.5) is 17.1 Å². The lowest BCUT2D eigenvalue weighted by molar-refractivity contribution is 0.669. The van der Waals surface area contributed by atoms with Gasteiger partial charge in [0.2, 0.25) is 0 Å². The highest BCUT2D eigenvalue weighted by Gasteiger charge is 2.16. The van der Waals surface area contributed by atoms with Crippen LogP contribution in [0, 0.1) is 0 Å². The highest BCUT2D eigenvalue weighted by atomic mass is 16.3. The molecule has 0 saturated carbocycles. The predicted octanol–water partition coefficient (Wildman–Crippen LogP) is 16.0. The second kappa shape index (κ2) is 14.1. The monoisotopic (exact) mass is 739 g/mol. The predicted molar refractivity (Wildman–Crippen MR) is 245 cm³/mol. The maximum atomic E-state index is 6.23. The van der Waals surface area contributed by atoms with Gasteiger partial charge in [-0.05, 0) is 121 Å². The molecule has 0 amide bonds. The quantitative estimate of drug-likeness (QED) is 0.162. The van der Waals surface area contributed by atoms with Crippen LogP contribution in [0.3, 0.4) is 0 Å². The van der Waals surface area contributed by atoms with E-state index in [0.29, 0.717) is 0 Å². The standard InChI is InChI=1S/C56H37NO/c1-2-11-45-37-46(24-21-38(45)9-1)41-27-33-48(34-28-41)57(49-35-29-44(30-36-49)52-16-8-18-55-56(52)53-14-5-6-17-54(53)58-55)47-31-25-40(26-32-47)39-19-22-43(23-20-39)51-15-7-12-42-10-3-4-13-50(42)51/h1-37H. The Hall–Kier alpha value is -7.68. The first-order chi connectivity index (χ1) is 28.7. The van der Waals surface area contributed by atoms with Crippen LogP contribution in [0.1, 0.15) is 0 Å².